The number of nitrogens with two attached hydrogens (primary N) is 1. The second kappa shape index (κ2) is 5.45. The summed E-state index contributed by atoms with van der Waals surface area (Å²) in [4.78, 5) is 8.49. The Morgan fingerprint density at radius 2 is 2.13 bits per heavy atom. The van der Waals surface area contributed by atoms with Crippen LogP contribution in [0.4, 0.5) is 5.69 Å². The molecule has 0 bridgehead atoms. The maximum atomic E-state index is 9.07. The molecule has 0 unspecified atom stereocenters. The van der Waals surface area contributed by atoms with Gasteiger partial charge in [0.1, 0.15) is 5.75 Å². The van der Waals surface area contributed by atoms with Crippen molar-refractivity contribution in [3.05, 3.63) is 46.6 Å². The Kier molecular flexibility index (Phi) is 3.58. The van der Waals surface area contributed by atoms with Crippen molar-refractivity contribution in [3.8, 4) is 17.7 Å². The summed E-state index contributed by atoms with van der Waals surface area (Å²) in [7, 11) is 0. The Labute approximate surface area is 138 Å². The Balaban J connectivity index is 2.06. The van der Waals surface area contributed by atoms with Crippen molar-refractivity contribution >= 4 is 23.2 Å². The minimum atomic E-state index is -0.808. The zero-order chi connectivity index (χ0) is 16.6. The third-order valence-electron chi connectivity index (χ3n) is 3.11. The number of hydrogen-bond acceptors (Lipinski definition) is 6. The van der Waals surface area contributed by atoms with Gasteiger partial charge in [0, 0.05) is 6.20 Å². The highest BCUT2D eigenvalue weighted by Crippen LogP contribution is 2.32. The largest absolute Gasteiger partial charge is 0.466 e. The van der Waals surface area contributed by atoms with Gasteiger partial charge >= 0.3 is 0 Å². The first kappa shape index (κ1) is 15.1. The van der Waals surface area contributed by atoms with E-state index in [1.807, 2.05) is 0 Å². The molecule has 1 aliphatic rings. The number of fused-ring (bicyclic) bond motifs is 1. The molecule has 0 radical (unpaired) electrons. The van der Waals surface area contributed by atoms with Gasteiger partial charge in [0.2, 0.25) is 11.8 Å². The third kappa shape index (κ3) is 3.05. The molecule has 1 aliphatic heterocycles. The van der Waals surface area contributed by atoms with Gasteiger partial charge in [-0.25, -0.2) is 9.98 Å². The lowest BCUT2D eigenvalue weighted by Crippen LogP contribution is -2.34. The summed E-state index contributed by atoms with van der Waals surface area (Å²) in [6.45, 7) is 3.60. The lowest BCUT2D eigenvalue weighted by atomic mass is 10.1. The molecule has 0 amide bonds. The van der Waals surface area contributed by atoms with Crippen LogP contribution in [0, 0.1) is 11.3 Å². The zero-order valence-electron chi connectivity index (χ0n) is 12.5. The van der Waals surface area contributed by atoms with E-state index >= 15 is 0 Å². The van der Waals surface area contributed by atoms with E-state index < -0.39 is 5.72 Å². The smallest absolute Gasteiger partial charge is 0.244 e. The van der Waals surface area contributed by atoms with Gasteiger partial charge in [0.15, 0.2) is 5.72 Å². The maximum absolute atomic E-state index is 9.07. The standard InChI is InChI=1S/C16H13ClN4O2/c1-16(2)21-14(22-15-12(19)6-10(17)8-20-15)11-5-9(7-18)3-4-13(11)23-16/h3-6,8H,19H2,1-2H3. The molecule has 3 rings (SSSR count). The molecule has 2 N–H and O–H groups in total. The Morgan fingerprint density at radius 3 is 2.83 bits per heavy atom. The summed E-state index contributed by atoms with van der Waals surface area (Å²) < 4.78 is 11.6. The van der Waals surface area contributed by atoms with Crippen LogP contribution < -0.4 is 15.2 Å². The number of nitrogens with zero attached hydrogens (tertiary/aromatic N) is 3. The average Bonchev–Trinajstić information content (AvgIpc) is 2.48. The predicted octanol–water partition coefficient (Wildman–Crippen LogP) is 3.14. The molecule has 0 saturated carbocycles. The Bertz CT molecular complexity index is 856. The van der Waals surface area contributed by atoms with E-state index in [1.165, 1.54) is 6.20 Å². The topological polar surface area (TPSA) is 93.5 Å². The Morgan fingerprint density at radius 1 is 1.35 bits per heavy atom. The Hall–Kier alpha value is -2.78. The molecule has 1 aromatic carbocycles. The zero-order valence-corrected chi connectivity index (χ0v) is 13.3. The fourth-order valence-corrected chi connectivity index (χ4v) is 2.32. The van der Waals surface area contributed by atoms with Crippen molar-refractivity contribution < 1.29 is 9.47 Å². The molecule has 23 heavy (non-hydrogen) atoms. The molecular weight excluding hydrogens is 316 g/mol. The number of hydrogen-bond donors (Lipinski definition) is 1. The first-order valence-corrected chi connectivity index (χ1v) is 7.18. The third-order valence-corrected chi connectivity index (χ3v) is 3.32. The quantitative estimate of drug-likeness (QED) is 0.867. The van der Waals surface area contributed by atoms with Crippen LogP contribution in [0.15, 0.2) is 35.5 Å². The fraction of sp³-hybridized carbons (Fsp3) is 0.188. The van der Waals surface area contributed by atoms with Gasteiger partial charge in [0.05, 0.1) is 27.9 Å². The molecule has 0 atom stereocenters. The van der Waals surface area contributed by atoms with E-state index in [9.17, 15) is 0 Å². The molecule has 0 fully saturated rings. The minimum Gasteiger partial charge on any atom is -0.466 e. The van der Waals surface area contributed by atoms with Crippen LogP contribution in [-0.4, -0.2) is 16.6 Å². The molecule has 116 valence electrons. The number of nitrogen functional groups attached to an aromatic ring is 1. The molecule has 1 aromatic heterocycles. The number of rotatable bonds is 1. The van der Waals surface area contributed by atoms with Crippen molar-refractivity contribution in [2.75, 3.05) is 5.73 Å². The van der Waals surface area contributed by atoms with Gasteiger partial charge in [-0.3, -0.25) is 0 Å². The first-order chi connectivity index (χ1) is 10.9. The van der Waals surface area contributed by atoms with Crippen LogP contribution in [0.5, 0.6) is 11.6 Å². The molecule has 0 aliphatic carbocycles. The van der Waals surface area contributed by atoms with Gasteiger partial charge in [0.25, 0.3) is 0 Å². The van der Waals surface area contributed by atoms with Gasteiger partial charge < -0.3 is 15.2 Å². The summed E-state index contributed by atoms with van der Waals surface area (Å²) in [5.74, 6) is 1.06. The van der Waals surface area contributed by atoms with Crippen LogP contribution in [0.1, 0.15) is 25.0 Å². The van der Waals surface area contributed by atoms with Crippen LogP contribution in [0.3, 0.4) is 0 Å². The molecule has 6 nitrogen and oxygen atoms in total. The summed E-state index contributed by atoms with van der Waals surface area (Å²) in [5.41, 5.74) is 6.40. The number of pyridine rings is 1. The van der Waals surface area contributed by atoms with E-state index in [2.05, 4.69) is 16.0 Å². The predicted molar refractivity (Wildman–Crippen MR) is 86.7 cm³/mol. The van der Waals surface area contributed by atoms with Gasteiger partial charge in [-0.2, -0.15) is 5.26 Å². The van der Waals surface area contributed by atoms with Crippen molar-refractivity contribution in [2.24, 2.45) is 4.99 Å². The SMILES string of the molecule is CC1(C)N=C(Oc2ncc(Cl)cc2N)c2cc(C#N)ccc2O1. The number of benzene rings is 1. The van der Waals surface area contributed by atoms with E-state index in [1.54, 1.807) is 38.1 Å². The van der Waals surface area contributed by atoms with Crippen molar-refractivity contribution in [2.45, 2.75) is 19.6 Å². The van der Waals surface area contributed by atoms with Crippen molar-refractivity contribution in [3.63, 3.8) is 0 Å². The second-order valence-corrected chi connectivity index (χ2v) is 5.87. The van der Waals surface area contributed by atoms with E-state index in [0.29, 0.717) is 27.6 Å². The summed E-state index contributed by atoms with van der Waals surface area (Å²) in [6.07, 6.45) is 1.44. The number of ether oxygens (including phenoxy) is 2. The summed E-state index contributed by atoms with van der Waals surface area (Å²) in [5, 5.41) is 9.49. The lowest BCUT2D eigenvalue weighted by Gasteiger charge is -2.29. The second-order valence-electron chi connectivity index (χ2n) is 5.44. The van der Waals surface area contributed by atoms with Crippen molar-refractivity contribution in [1.82, 2.24) is 4.98 Å². The first-order valence-electron chi connectivity index (χ1n) is 6.80. The molecule has 7 heteroatoms. The normalized spacial score (nSPS) is 15.0. The molecule has 0 spiro atoms. The van der Waals surface area contributed by atoms with Gasteiger partial charge in [-0.05, 0) is 38.1 Å². The van der Waals surface area contributed by atoms with Crippen LogP contribution >= 0.6 is 11.6 Å². The number of nitriles is 1. The molecule has 2 aromatic rings. The highest BCUT2D eigenvalue weighted by atomic mass is 35.5. The summed E-state index contributed by atoms with van der Waals surface area (Å²) in [6, 6.07) is 8.66. The number of aromatic nitrogens is 1. The summed E-state index contributed by atoms with van der Waals surface area (Å²) >= 11 is 5.84. The molecular formula is C16H13ClN4O2. The lowest BCUT2D eigenvalue weighted by molar-refractivity contribution is 0.112. The average molecular weight is 329 g/mol. The molecule has 0 saturated heterocycles. The monoisotopic (exact) mass is 328 g/mol. The fourth-order valence-electron chi connectivity index (χ4n) is 2.15. The highest BCUT2D eigenvalue weighted by molar-refractivity contribution is 6.30. The van der Waals surface area contributed by atoms with Crippen LogP contribution in [0.25, 0.3) is 0 Å². The highest BCUT2D eigenvalue weighted by Gasteiger charge is 2.30. The van der Waals surface area contributed by atoms with Crippen LogP contribution in [0.2, 0.25) is 5.02 Å². The number of anilines is 1. The van der Waals surface area contributed by atoms with Crippen LogP contribution in [-0.2, 0) is 0 Å². The van der Waals surface area contributed by atoms with Crippen molar-refractivity contribution in [1.29, 1.82) is 5.26 Å². The van der Waals surface area contributed by atoms with E-state index in [-0.39, 0.29) is 11.8 Å². The number of aliphatic imine (C=N–C) groups is 1. The maximum Gasteiger partial charge on any atom is 0.244 e. The van der Waals surface area contributed by atoms with E-state index in [4.69, 9.17) is 32.1 Å². The molecule has 2 heterocycles. The van der Waals surface area contributed by atoms with Gasteiger partial charge in [-0.1, -0.05) is 11.6 Å². The van der Waals surface area contributed by atoms with Gasteiger partial charge in [-0.15, -0.1) is 0 Å². The van der Waals surface area contributed by atoms with E-state index in [0.717, 1.165) is 0 Å². The number of halogens is 1. The minimum absolute atomic E-state index is 0.194.